The summed E-state index contributed by atoms with van der Waals surface area (Å²) < 4.78 is 0. The van der Waals surface area contributed by atoms with E-state index in [2.05, 4.69) is 53.2 Å². The minimum atomic E-state index is 0.305. The van der Waals surface area contributed by atoms with E-state index >= 15 is 0 Å². The third kappa shape index (κ3) is 2.59. The fourth-order valence-corrected chi connectivity index (χ4v) is 3.08. The molecule has 1 N–H and O–H groups in total. The third-order valence-corrected chi connectivity index (χ3v) is 4.59. The Morgan fingerprint density at radius 1 is 1.15 bits per heavy atom. The molecule has 0 aromatic carbocycles. The van der Waals surface area contributed by atoms with Crippen molar-refractivity contribution in [2.24, 2.45) is 0 Å². The van der Waals surface area contributed by atoms with Crippen LogP contribution in [0.4, 0.5) is 11.6 Å². The second-order valence-corrected chi connectivity index (χ2v) is 6.15. The molecule has 0 atom stereocenters. The van der Waals surface area contributed by atoms with E-state index in [0.717, 1.165) is 29.6 Å². The maximum atomic E-state index is 4.64. The average molecular weight is 277 g/mol. The van der Waals surface area contributed by atoms with Crippen molar-refractivity contribution in [1.29, 1.82) is 0 Å². The molecule has 0 aliphatic heterocycles. The van der Waals surface area contributed by atoms with Crippen molar-refractivity contribution in [2.75, 3.05) is 45.0 Å². The summed E-state index contributed by atoms with van der Waals surface area (Å²) >= 11 is 0. The first-order valence-electron chi connectivity index (χ1n) is 7.31. The predicted molar refractivity (Wildman–Crippen MR) is 84.6 cm³/mol. The molecule has 5 heteroatoms. The highest BCUT2D eigenvalue weighted by molar-refractivity contribution is 5.58. The van der Waals surface area contributed by atoms with Gasteiger partial charge in [-0.3, -0.25) is 0 Å². The zero-order valence-electron chi connectivity index (χ0n) is 13.6. The summed E-state index contributed by atoms with van der Waals surface area (Å²) in [4.78, 5) is 13.7. The van der Waals surface area contributed by atoms with Gasteiger partial charge in [0.1, 0.15) is 17.5 Å². The minimum absolute atomic E-state index is 0.305. The molecule has 1 aliphatic rings. The number of nitrogens with zero attached hydrogens (tertiary/aromatic N) is 4. The fourth-order valence-electron chi connectivity index (χ4n) is 3.08. The molecular formula is C15H27N5. The van der Waals surface area contributed by atoms with Gasteiger partial charge in [-0.15, -0.1) is 0 Å². The van der Waals surface area contributed by atoms with Crippen LogP contribution in [0.25, 0.3) is 0 Å². The van der Waals surface area contributed by atoms with Crippen LogP contribution in [0.15, 0.2) is 0 Å². The van der Waals surface area contributed by atoms with Gasteiger partial charge in [0, 0.05) is 31.7 Å². The van der Waals surface area contributed by atoms with Gasteiger partial charge in [0.2, 0.25) is 0 Å². The van der Waals surface area contributed by atoms with E-state index in [1.54, 1.807) is 0 Å². The van der Waals surface area contributed by atoms with Gasteiger partial charge in [0.05, 0.1) is 0 Å². The van der Waals surface area contributed by atoms with Crippen molar-refractivity contribution in [1.82, 2.24) is 14.9 Å². The van der Waals surface area contributed by atoms with E-state index in [1.807, 2.05) is 14.0 Å². The monoisotopic (exact) mass is 277 g/mol. The highest BCUT2D eigenvalue weighted by Gasteiger charge is 2.40. The standard InChI is InChI=1S/C15H27N5/c1-11-13(16-3)17-12(2)18-14(11)20(6)10-15(19(4)5)8-7-9-15/h7-10H2,1-6H3,(H,16,17,18). The van der Waals surface area contributed by atoms with E-state index in [0.29, 0.717) is 5.54 Å². The zero-order valence-corrected chi connectivity index (χ0v) is 13.6. The molecule has 0 radical (unpaired) electrons. The van der Waals surface area contributed by atoms with Crippen LogP contribution in [0.5, 0.6) is 0 Å². The van der Waals surface area contributed by atoms with Crippen LogP contribution >= 0.6 is 0 Å². The van der Waals surface area contributed by atoms with Crippen molar-refractivity contribution < 1.29 is 0 Å². The van der Waals surface area contributed by atoms with E-state index < -0.39 is 0 Å². The molecular weight excluding hydrogens is 250 g/mol. The Bertz CT molecular complexity index is 479. The lowest BCUT2D eigenvalue weighted by molar-refractivity contribution is 0.0681. The number of anilines is 2. The van der Waals surface area contributed by atoms with Crippen LogP contribution in [0.3, 0.4) is 0 Å². The van der Waals surface area contributed by atoms with Crippen molar-refractivity contribution in [2.45, 2.75) is 38.6 Å². The second kappa shape index (κ2) is 5.56. The van der Waals surface area contributed by atoms with Gasteiger partial charge in [-0.05, 0) is 47.2 Å². The normalized spacial score (nSPS) is 16.9. The largest absolute Gasteiger partial charge is 0.373 e. The Morgan fingerprint density at radius 3 is 2.25 bits per heavy atom. The van der Waals surface area contributed by atoms with E-state index in [-0.39, 0.29) is 0 Å². The average Bonchev–Trinajstić information content (AvgIpc) is 2.35. The number of hydrogen-bond donors (Lipinski definition) is 1. The van der Waals surface area contributed by atoms with Gasteiger partial charge in [-0.25, -0.2) is 9.97 Å². The lowest BCUT2D eigenvalue weighted by atomic mass is 9.75. The number of likely N-dealkylation sites (N-methyl/N-ethyl adjacent to an activating group) is 2. The Morgan fingerprint density at radius 2 is 1.80 bits per heavy atom. The smallest absolute Gasteiger partial charge is 0.137 e. The molecule has 0 saturated heterocycles. The quantitative estimate of drug-likeness (QED) is 0.892. The first-order chi connectivity index (χ1) is 9.39. The molecule has 5 nitrogen and oxygen atoms in total. The van der Waals surface area contributed by atoms with Crippen LogP contribution in [0, 0.1) is 13.8 Å². The van der Waals surface area contributed by atoms with Gasteiger partial charge in [0.15, 0.2) is 0 Å². The molecule has 1 aromatic rings. The third-order valence-electron chi connectivity index (χ3n) is 4.59. The number of aryl methyl sites for hydroxylation is 1. The van der Waals surface area contributed by atoms with Crippen molar-refractivity contribution in [3.05, 3.63) is 11.4 Å². The molecule has 1 aliphatic carbocycles. The Kier molecular flexibility index (Phi) is 4.18. The van der Waals surface area contributed by atoms with Gasteiger partial charge in [-0.1, -0.05) is 0 Å². The molecule has 1 fully saturated rings. The molecule has 1 heterocycles. The summed E-state index contributed by atoms with van der Waals surface area (Å²) in [5.74, 6) is 2.77. The maximum absolute atomic E-state index is 4.64. The maximum Gasteiger partial charge on any atom is 0.137 e. The fraction of sp³-hybridized carbons (Fsp3) is 0.733. The lowest BCUT2D eigenvalue weighted by Crippen LogP contribution is -2.57. The van der Waals surface area contributed by atoms with Crippen LogP contribution < -0.4 is 10.2 Å². The Hall–Kier alpha value is -1.36. The SMILES string of the molecule is CNc1nc(C)nc(N(C)CC2(N(C)C)CCC2)c1C. The van der Waals surface area contributed by atoms with Crippen molar-refractivity contribution in [3.8, 4) is 0 Å². The molecule has 0 bridgehead atoms. The van der Waals surface area contributed by atoms with Crippen LogP contribution in [0.1, 0.15) is 30.7 Å². The van der Waals surface area contributed by atoms with Gasteiger partial charge in [-0.2, -0.15) is 0 Å². The summed E-state index contributed by atoms with van der Waals surface area (Å²) in [5.41, 5.74) is 1.42. The van der Waals surface area contributed by atoms with E-state index in [4.69, 9.17) is 0 Å². The number of hydrogen-bond acceptors (Lipinski definition) is 5. The van der Waals surface area contributed by atoms with Crippen molar-refractivity contribution >= 4 is 11.6 Å². The molecule has 1 saturated carbocycles. The first kappa shape index (κ1) is 15.0. The van der Waals surface area contributed by atoms with E-state index in [9.17, 15) is 0 Å². The molecule has 20 heavy (non-hydrogen) atoms. The van der Waals surface area contributed by atoms with Gasteiger partial charge in [0.25, 0.3) is 0 Å². The molecule has 112 valence electrons. The second-order valence-electron chi connectivity index (χ2n) is 6.15. The first-order valence-corrected chi connectivity index (χ1v) is 7.31. The number of aromatic nitrogens is 2. The highest BCUT2D eigenvalue weighted by Crippen LogP contribution is 2.37. The summed E-state index contributed by atoms with van der Waals surface area (Å²) in [6, 6.07) is 0. The highest BCUT2D eigenvalue weighted by atomic mass is 15.3. The molecule has 0 unspecified atom stereocenters. The number of rotatable bonds is 5. The van der Waals surface area contributed by atoms with Gasteiger partial charge < -0.3 is 15.1 Å². The molecule has 2 rings (SSSR count). The van der Waals surface area contributed by atoms with Gasteiger partial charge >= 0.3 is 0 Å². The predicted octanol–water partition coefficient (Wildman–Crippen LogP) is 2.06. The summed E-state index contributed by atoms with van der Waals surface area (Å²) in [7, 11) is 8.41. The minimum Gasteiger partial charge on any atom is -0.373 e. The summed E-state index contributed by atoms with van der Waals surface area (Å²) in [5, 5.41) is 3.16. The number of nitrogens with one attached hydrogen (secondary N) is 1. The van der Waals surface area contributed by atoms with Crippen LogP contribution in [0.2, 0.25) is 0 Å². The van der Waals surface area contributed by atoms with Crippen LogP contribution in [-0.4, -0.2) is 55.1 Å². The van der Waals surface area contributed by atoms with Crippen molar-refractivity contribution in [3.63, 3.8) is 0 Å². The summed E-state index contributed by atoms with van der Waals surface area (Å²) in [6.45, 7) is 5.04. The topological polar surface area (TPSA) is 44.3 Å². The Labute approximate surface area is 122 Å². The molecule has 0 spiro atoms. The molecule has 0 amide bonds. The van der Waals surface area contributed by atoms with E-state index in [1.165, 1.54) is 19.3 Å². The Balaban J connectivity index is 2.25. The zero-order chi connectivity index (χ0) is 14.9. The molecule has 1 aromatic heterocycles. The van der Waals surface area contributed by atoms with Crippen LogP contribution in [-0.2, 0) is 0 Å². The summed E-state index contributed by atoms with van der Waals surface area (Å²) in [6.07, 6.45) is 3.87. The lowest BCUT2D eigenvalue weighted by Gasteiger charge is -2.49.